The Balaban J connectivity index is 0.000000368. The summed E-state index contributed by atoms with van der Waals surface area (Å²) < 4.78 is 49.6. The molecule has 0 spiro atoms. The predicted molar refractivity (Wildman–Crippen MR) is 85.0 cm³/mol. The summed E-state index contributed by atoms with van der Waals surface area (Å²) in [6, 6.07) is 16.6. The van der Waals surface area contributed by atoms with Gasteiger partial charge in [-0.05, 0) is 24.3 Å². The van der Waals surface area contributed by atoms with Gasteiger partial charge in [0.2, 0.25) is 11.0 Å². The van der Waals surface area contributed by atoms with Crippen molar-refractivity contribution < 1.29 is 31.7 Å². The molecule has 3 aromatic rings. The fourth-order valence-electron chi connectivity index (χ4n) is 2.38. The van der Waals surface area contributed by atoms with Gasteiger partial charge in [-0.3, -0.25) is 0 Å². The number of methoxy groups -OCH3 is 2. The number of para-hydroxylation sites is 1. The molecule has 1 heterocycles. The molecule has 0 fully saturated rings. The summed E-state index contributed by atoms with van der Waals surface area (Å²) in [7, 11) is -2.71. The van der Waals surface area contributed by atoms with Crippen molar-refractivity contribution in [2.45, 2.75) is 6.29 Å². The highest BCUT2D eigenvalue weighted by Crippen LogP contribution is 2.23. The van der Waals surface area contributed by atoms with Crippen LogP contribution in [0.25, 0.3) is 21.8 Å². The number of fused-ring (bicyclic) bond motifs is 2. The average Bonchev–Trinajstić information content (AvgIpc) is 2.52. The molecule has 0 bridgehead atoms. The lowest BCUT2D eigenvalue weighted by Gasteiger charge is -2.13. The van der Waals surface area contributed by atoms with Gasteiger partial charge in [-0.2, -0.15) is 0 Å². The number of halogens is 4. The van der Waals surface area contributed by atoms with Crippen LogP contribution in [0.4, 0.5) is 17.3 Å². The zero-order valence-electron chi connectivity index (χ0n) is 13.1. The first-order valence-electron chi connectivity index (χ1n) is 7.09. The van der Waals surface area contributed by atoms with Crippen molar-refractivity contribution in [3.05, 3.63) is 54.1 Å². The fourth-order valence-corrected chi connectivity index (χ4v) is 2.38. The van der Waals surface area contributed by atoms with E-state index in [0.717, 1.165) is 22.0 Å². The number of aromatic amines is 1. The van der Waals surface area contributed by atoms with Crippen LogP contribution >= 0.6 is 0 Å². The molecule has 0 saturated heterocycles. The van der Waals surface area contributed by atoms with E-state index >= 15 is 0 Å². The Hall–Kier alpha value is -2.19. The van der Waals surface area contributed by atoms with E-state index in [-0.39, 0.29) is 6.29 Å². The second kappa shape index (κ2) is 7.59. The van der Waals surface area contributed by atoms with Crippen molar-refractivity contribution in [1.29, 1.82) is 0 Å². The van der Waals surface area contributed by atoms with Crippen LogP contribution < -0.4 is 4.98 Å². The molecule has 0 unspecified atom stereocenters. The average molecular weight is 341 g/mol. The van der Waals surface area contributed by atoms with Gasteiger partial charge in [0.15, 0.2) is 6.29 Å². The van der Waals surface area contributed by atoms with Gasteiger partial charge in [0.05, 0.1) is 0 Å². The first-order valence-corrected chi connectivity index (χ1v) is 7.09. The summed E-state index contributed by atoms with van der Waals surface area (Å²) in [6.45, 7) is 0. The molecule has 0 aliphatic rings. The fraction of sp³-hybridized carbons (Fsp3) is 0.188. The van der Waals surface area contributed by atoms with E-state index in [1.807, 2.05) is 18.2 Å². The Labute approximate surface area is 136 Å². The summed E-state index contributed by atoms with van der Waals surface area (Å²) in [5.41, 5.74) is 3.26. The smallest absolute Gasteiger partial charge is 0.418 e. The minimum absolute atomic E-state index is 0.323. The molecule has 0 amide bonds. The maximum absolute atomic E-state index is 9.75. The van der Waals surface area contributed by atoms with Crippen LogP contribution in [0.1, 0.15) is 11.9 Å². The Morgan fingerprint density at radius 2 is 1.42 bits per heavy atom. The summed E-state index contributed by atoms with van der Waals surface area (Å²) >= 11 is 0. The molecule has 3 rings (SSSR count). The number of H-pyrrole nitrogens is 1. The van der Waals surface area contributed by atoms with Crippen LogP contribution in [0.2, 0.25) is 0 Å². The molecular weight excluding hydrogens is 325 g/mol. The Morgan fingerprint density at radius 1 is 0.833 bits per heavy atom. The summed E-state index contributed by atoms with van der Waals surface area (Å²) in [4.78, 5) is 3.43. The van der Waals surface area contributed by atoms with E-state index in [0.29, 0.717) is 0 Å². The summed E-state index contributed by atoms with van der Waals surface area (Å²) in [6.07, 6.45) is -0.323. The minimum atomic E-state index is -6.00. The molecule has 3 nitrogen and oxygen atoms in total. The molecule has 1 N–H and O–H groups in total. The van der Waals surface area contributed by atoms with Gasteiger partial charge in [-0.15, -0.1) is 0 Å². The maximum atomic E-state index is 9.75. The highest BCUT2D eigenvalue weighted by molar-refractivity contribution is 6.50. The third kappa shape index (κ3) is 4.91. The highest BCUT2D eigenvalue weighted by Gasteiger charge is 2.20. The third-order valence-corrected chi connectivity index (χ3v) is 3.32. The maximum Gasteiger partial charge on any atom is 0.673 e. The van der Waals surface area contributed by atoms with E-state index in [4.69, 9.17) is 9.47 Å². The van der Waals surface area contributed by atoms with Crippen molar-refractivity contribution >= 4 is 29.1 Å². The number of aromatic nitrogens is 1. The van der Waals surface area contributed by atoms with Crippen LogP contribution in [-0.2, 0) is 9.47 Å². The van der Waals surface area contributed by atoms with E-state index in [2.05, 4.69) is 35.3 Å². The SMILES string of the molecule is COC(OC)c1ccc2[nH+]c3ccccc3cc2c1.F[B-](F)(F)F. The van der Waals surface area contributed by atoms with Crippen molar-refractivity contribution in [2.75, 3.05) is 14.2 Å². The van der Waals surface area contributed by atoms with Crippen molar-refractivity contribution in [1.82, 2.24) is 0 Å². The van der Waals surface area contributed by atoms with Crippen LogP contribution in [0.3, 0.4) is 0 Å². The van der Waals surface area contributed by atoms with E-state index in [1.54, 1.807) is 14.2 Å². The highest BCUT2D eigenvalue weighted by atomic mass is 19.5. The normalized spacial score (nSPS) is 11.6. The number of hydrogen-bond donors (Lipinski definition) is 0. The zero-order valence-corrected chi connectivity index (χ0v) is 13.1. The molecule has 8 heteroatoms. The quantitative estimate of drug-likeness (QED) is 0.306. The third-order valence-electron chi connectivity index (χ3n) is 3.32. The van der Waals surface area contributed by atoms with Crippen LogP contribution in [0.5, 0.6) is 0 Å². The Bertz CT molecular complexity index is 816. The second-order valence-electron chi connectivity index (χ2n) is 5.00. The number of ether oxygens (including phenoxy) is 2. The van der Waals surface area contributed by atoms with Crippen molar-refractivity contribution in [2.24, 2.45) is 0 Å². The number of benzene rings is 2. The number of pyridine rings is 1. The Kier molecular flexibility index (Phi) is 5.74. The first kappa shape index (κ1) is 18.2. The topological polar surface area (TPSA) is 32.6 Å². The summed E-state index contributed by atoms with van der Waals surface area (Å²) in [5.74, 6) is 0. The van der Waals surface area contributed by atoms with Crippen LogP contribution in [-0.4, -0.2) is 21.5 Å². The molecule has 24 heavy (non-hydrogen) atoms. The van der Waals surface area contributed by atoms with Gasteiger partial charge in [0, 0.05) is 42.7 Å². The number of nitrogens with one attached hydrogen (secondary N) is 1. The van der Waals surface area contributed by atoms with Crippen LogP contribution in [0, 0.1) is 0 Å². The molecule has 0 aliphatic heterocycles. The predicted octanol–water partition coefficient (Wildman–Crippen LogP) is 4.40. The van der Waals surface area contributed by atoms with Crippen LogP contribution in [0.15, 0.2) is 48.5 Å². The molecule has 0 atom stereocenters. The number of hydrogen-bond acceptors (Lipinski definition) is 2. The van der Waals surface area contributed by atoms with Crippen molar-refractivity contribution in [3.8, 4) is 0 Å². The molecule has 0 aliphatic carbocycles. The van der Waals surface area contributed by atoms with E-state index < -0.39 is 7.25 Å². The lowest BCUT2D eigenvalue weighted by atomic mass is 10.1. The van der Waals surface area contributed by atoms with Gasteiger partial charge < -0.3 is 26.7 Å². The molecular formula is C16H16BF4NO2. The van der Waals surface area contributed by atoms with E-state index in [1.165, 1.54) is 5.39 Å². The number of rotatable bonds is 3. The van der Waals surface area contributed by atoms with Gasteiger partial charge in [0.25, 0.3) is 0 Å². The zero-order chi connectivity index (χ0) is 17.7. The van der Waals surface area contributed by atoms with Gasteiger partial charge >= 0.3 is 7.25 Å². The standard InChI is InChI=1S/C16H15NO2.BF4/c1-18-16(19-2)12-7-8-15-13(10-12)9-11-5-3-4-6-14(11)17-15;2-1(3,4)5/h3-10,16H,1-2H3;/q;-1/p+1. The molecule has 2 aromatic carbocycles. The van der Waals surface area contributed by atoms with E-state index in [9.17, 15) is 17.3 Å². The van der Waals surface area contributed by atoms with Gasteiger partial charge in [-0.1, -0.05) is 12.1 Å². The molecule has 1 aromatic heterocycles. The van der Waals surface area contributed by atoms with Gasteiger partial charge in [-0.25, -0.2) is 4.98 Å². The summed E-state index contributed by atoms with van der Waals surface area (Å²) in [5, 5.41) is 2.34. The first-order chi connectivity index (χ1) is 11.3. The molecule has 0 radical (unpaired) electrons. The van der Waals surface area contributed by atoms with Crippen molar-refractivity contribution in [3.63, 3.8) is 0 Å². The lowest BCUT2D eigenvalue weighted by molar-refractivity contribution is -0.310. The monoisotopic (exact) mass is 341 g/mol. The molecule has 128 valence electrons. The second-order valence-corrected chi connectivity index (χ2v) is 5.00. The van der Waals surface area contributed by atoms with Gasteiger partial charge in [0.1, 0.15) is 0 Å². The minimum Gasteiger partial charge on any atom is -0.418 e. The largest absolute Gasteiger partial charge is 0.673 e. The lowest BCUT2D eigenvalue weighted by Crippen LogP contribution is -2.07. The molecule has 0 saturated carbocycles. The Morgan fingerprint density at radius 3 is 2.04 bits per heavy atom.